The Kier molecular flexibility index (Phi) is 8.63. The molecule has 0 fully saturated rings. The number of hydrogen-bond acceptors (Lipinski definition) is 2. The van der Waals surface area contributed by atoms with E-state index in [4.69, 9.17) is 11.6 Å². The molecule has 0 spiro atoms. The third kappa shape index (κ3) is 6.45. The number of halogens is 1. The first kappa shape index (κ1) is 20.4. The topological polar surface area (TPSA) is 43.1 Å². The van der Waals surface area contributed by atoms with Gasteiger partial charge in [0.25, 0.3) is 5.69 Å². The van der Waals surface area contributed by atoms with Gasteiger partial charge in [-0.3, -0.25) is 10.1 Å². The predicted molar refractivity (Wildman–Crippen MR) is 110 cm³/mol. The number of unbranched alkanes of at least 4 members (excludes halogenated alkanes) is 7. The molecule has 0 N–H and O–H groups in total. The molecule has 0 radical (unpaired) electrons. The molecule has 26 heavy (non-hydrogen) atoms. The molecule has 0 atom stereocenters. The van der Waals surface area contributed by atoms with E-state index in [0.717, 1.165) is 12.0 Å². The fourth-order valence-electron chi connectivity index (χ4n) is 3.21. The van der Waals surface area contributed by atoms with Crippen molar-refractivity contribution in [2.75, 3.05) is 0 Å². The summed E-state index contributed by atoms with van der Waals surface area (Å²) in [5, 5.41) is 11.6. The average molecular weight is 374 g/mol. The van der Waals surface area contributed by atoms with E-state index in [1.54, 1.807) is 12.1 Å². The monoisotopic (exact) mass is 373 g/mol. The second kappa shape index (κ2) is 11.0. The molecular weight excluding hydrogens is 346 g/mol. The zero-order chi connectivity index (χ0) is 18.8. The number of nitro benzene ring substituents is 1. The molecule has 0 aromatic heterocycles. The van der Waals surface area contributed by atoms with Crippen LogP contribution in [-0.2, 0) is 6.42 Å². The first-order valence-corrected chi connectivity index (χ1v) is 10.0. The highest BCUT2D eigenvalue weighted by molar-refractivity contribution is 6.30. The van der Waals surface area contributed by atoms with Crippen molar-refractivity contribution in [2.45, 2.75) is 64.7 Å². The van der Waals surface area contributed by atoms with Gasteiger partial charge in [-0.2, -0.15) is 0 Å². The normalized spacial score (nSPS) is 10.8. The second-order valence-electron chi connectivity index (χ2n) is 6.84. The Morgan fingerprint density at radius 2 is 1.50 bits per heavy atom. The first-order valence-electron chi connectivity index (χ1n) is 9.65. The molecule has 0 saturated heterocycles. The molecule has 2 aromatic rings. The lowest BCUT2D eigenvalue weighted by Crippen LogP contribution is -1.92. The Bertz CT molecular complexity index is 698. The maximum absolute atomic E-state index is 11.2. The molecular formula is C22H28ClNO2. The van der Waals surface area contributed by atoms with Gasteiger partial charge in [-0.15, -0.1) is 0 Å². The minimum atomic E-state index is -0.379. The van der Waals surface area contributed by atoms with Crippen molar-refractivity contribution in [3.05, 3.63) is 63.2 Å². The van der Waals surface area contributed by atoms with Crippen molar-refractivity contribution in [1.82, 2.24) is 0 Å². The summed E-state index contributed by atoms with van der Waals surface area (Å²) in [5.41, 5.74) is 2.80. The van der Waals surface area contributed by atoms with Crippen LogP contribution < -0.4 is 0 Å². The molecule has 0 heterocycles. The Hall–Kier alpha value is -1.87. The summed E-state index contributed by atoms with van der Waals surface area (Å²) >= 11 is 5.89. The zero-order valence-corrected chi connectivity index (χ0v) is 16.3. The Labute approximate surface area is 161 Å². The second-order valence-corrected chi connectivity index (χ2v) is 7.28. The number of rotatable bonds is 11. The molecule has 4 heteroatoms. The van der Waals surface area contributed by atoms with E-state index >= 15 is 0 Å². The van der Waals surface area contributed by atoms with Crippen LogP contribution in [0.15, 0.2) is 42.5 Å². The van der Waals surface area contributed by atoms with Crippen molar-refractivity contribution in [3.8, 4) is 11.1 Å². The molecule has 2 aromatic carbocycles. The zero-order valence-electron chi connectivity index (χ0n) is 15.5. The molecule has 2 rings (SSSR count). The number of benzene rings is 2. The summed E-state index contributed by atoms with van der Waals surface area (Å²) in [6, 6.07) is 12.9. The largest absolute Gasteiger partial charge is 0.278 e. The van der Waals surface area contributed by atoms with Crippen molar-refractivity contribution in [1.29, 1.82) is 0 Å². The van der Waals surface area contributed by atoms with E-state index in [0.29, 0.717) is 10.6 Å². The van der Waals surface area contributed by atoms with Gasteiger partial charge in [-0.1, -0.05) is 87.7 Å². The average Bonchev–Trinajstić information content (AvgIpc) is 2.64. The van der Waals surface area contributed by atoms with Crippen molar-refractivity contribution < 1.29 is 4.92 Å². The Morgan fingerprint density at radius 3 is 2.12 bits per heavy atom. The van der Waals surface area contributed by atoms with Crippen molar-refractivity contribution in [2.24, 2.45) is 0 Å². The highest BCUT2D eigenvalue weighted by Gasteiger charge is 2.15. The number of aryl methyl sites for hydroxylation is 1. The molecule has 0 aliphatic rings. The van der Waals surface area contributed by atoms with Gasteiger partial charge < -0.3 is 0 Å². The lowest BCUT2D eigenvalue weighted by atomic mass is 9.99. The van der Waals surface area contributed by atoms with E-state index in [2.05, 4.69) is 19.1 Å². The number of hydrogen-bond donors (Lipinski definition) is 0. The van der Waals surface area contributed by atoms with Crippen LogP contribution in [0.4, 0.5) is 5.69 Å². The fourth-order valence-corrected chi connectivity index (χ4v) is 3.38. The quantitative estimate of drug-likeness (QED) is 0.231. The summed E-state index contributed by atoms with van der Waals surface area (Å²) < 4.78 is 0. The van der Waals surface area contributed by atoms with Crippen molar-refractivity contribution >= 4 is 17.3 Å². The smallest absolute Gasteiger partial charge is 0.258 e. The van der Waals surface area contributed by atoms with Gasteiger partial charge in [0, 0.05) is 11.1 Å². The maximum Gasteiger partial charge on any atom is 0.278 e. The molecule has 0 amide bonds. The van der Waals surface area contributed by atoms with E-state index in [1.807, 2.05) is 12.1 Å². The molecule has 0 aliphatic heterocycles. The van der Waals surface area contributed by atoms with Gasteiger partial charge in [-0.05, 0) is 36.1 Å². The van der Waals surface area contributed by atoms with E-state index < -0.39 is 0 Å². The third-order valence-electron chi connectivity index (χ3n) is 4.74. The van der Waals surface area contributed by atoms with Crippen LogP contribution in [0.5, 0.6) is 0 Å². The first-order chi connectivity index (χ1) is 12.6. The molecule has 0 aliphatic carbocycles. The van der Waals surface area contributed by atoms with Crippen LogP contribution in [0.25, 0.3) is 11.1 Å². The van der Waals surface area contributed by atoms with E-state index in [9.17, 15) is 10.1 Å². The number of nitro groups is 1. The summed E-state index contributed by atoms with van der Waals surface area (Å²) in [5.74, 6) is 0. The van der Waals surface area contributed by atoms with Crippen LogP contribution in [0.3, 0.4) is 0 Å². The molecule has 3 nitrogen and oxygen atoms in total. The standard InChI is InChI=1S/C22H28ClNO2/c1-2-3-4-5-6-7-8-9-10-18-11-13-19(14-12-18)21-16-15-20(23)17-22(21)24(25)26/h11-17H,2-10H2,1H3. The van der Waals surface area contributed by atoms with Gasteiger partial charge in [0.1, 0.15) is 0 Å². The van der Waals surface area contributed by atoms with Gasteiger partial charge in [0.2, 0.25) is 0 Å². The third-order valence-corrected chi connectivity index (χ3v) is 4.98. The van der Waals surface area contributed by atoms with Gasteiger partial charge >= 0.3 is 0 Å². The predicted octanol–water partition coefficient (Wildman–Crippen LogP) is 7.60. The Morgan fingerprint density at radius 1 is 0.885 bits per heavy atom. The van der Waals surface area contributed by atoms with Crippen LogP contribution in [0.2, 0.25) is 5.02 Å². The Balaban J connectivity index is 1.84. The van der Waals surface area contributed by atoms with Gasteiger partial charge in [0.15, 0.2) is 0 Å². The maximum atomic E-state index is 11.2. The van der Waals surface area contributed by atoms with Crippen LogP contribution >= 0.6 is 11.6 Å². The summed E-state index contributed by atoms with van der Waals surface area (Å²) in [4.78, 5) is 10.9. The van der Waals surface area contributed by atoms with Gasteiger partial charge in [-0.25, -0.2) is 0 Å². The lowest BCUT2D eigenvalue weighted by molar-refractivity contribution is -0.384. The van der Waals surface area contributed by atoms with E-state index in [1.165, 1.54) is 63.0 Å². The van der Waals surface area contributed by atoms with Gasteiger partial charge in [0.05, 0.1) is 10.5 Å². The molecule has 0 unspecified atom stereocenters. The summed E-state index contributed by atoms with van der Waals surface area (Å²) in [6.07, 6.45) is 11.6. The minimum absolute atomic E-state index is 0.0494. The van der Waals surface area contributed by atoms with E-state index in [-0.39, 0.29) is 10.6 Å². The molecule has 0 saturated carbocycles. The SMILES string of the molecule is CCCCCCCCCCc1ccc(-c2ccc(Cl)cc2[N+](=O)[O-])cc1. The lowest BCUT2D eigenvalue weighted by Gasteiger charge is -2.06. The highest BCUT2D eigenvalue weighted by Crippen LogP contribution is 2.32. The van der Waals surface area contributed by atoms with Crippen molar-refractivity contribution in [3.63, 3.8) is 0 Å². The number of nitrogens with zero attached hydrogens (tertiary/aromatic N) is 1. The van der Waals surface area contributed by atoms with Crippen LogP contribution in [-0.4, -0.2) is 4.92 Å². The van der Waals surface area contributed by atoms with Crippen LogP contribution in [0.1, 0.15) is 63.9 Å². The van der Waals surface area contributed by atoms with Crippen LogP contribution in [0, 0.1) is 10.1 Å². The summed E-state index contributed by atoms with van der Waals surface area (Å²) in [7, 11) is 0. The fraction of sp³-hybridized carbons (Fsp3) is 0.455. The molecule has 140 valence electrons. The highest BCUT2D eigenvalue weighted by atomic mass is 35.5. The molecule has 0 bridgehead atoms. The minimum Gasteiger partial charge on any atom is -0.258 e. The summed E-state index contributed by atoms with van der Waals surface area (Å²) in [6.45, 7) is 2.25.